The number of primary amides is 1. The minimum absolute atomic E-state index is 0.0103. The van der Waals surface area contributed by atoms with Crippen molar-refractivity contribution in [3.8, 4) is 0 Å². The van der Waals surface area contributed by atoms with Crippen LogP contribution in [0.15, 0.2) is 34.9 Å². The Morgan fingerprint density at radius 1 is 1.30 bits per heavy atom. The van der Waals surface area contributed by atoms with Gasteiger partial charge in [-0.2, -0.15) is 0 Å². The molecule has 0 unspecified atom stereocenters. The molecule has 1 aromatic carbocycles. The number of carbonyl (C=O) groups excluding carboxylic acids is 2. The van der Waals surface area contributed by atoms with E-state index in [4.69, 9.17) is 5.73 Å². The highest BCUT2D eigenvalue weighted by atomic mass is 79.9. The molecule has 118 valence electrons. The van der Waals surface area contributed by atoms with Gasteiger partial charge in [0.1, 0.15) is 0 Å². The van der Waals surface area contributed by atoms with Gasteiger partial charge in [-0.1, -0.05) is 34.1 Å². The first kappa shape index (κ1) is 15.6. The minimum atomic E-state index is -0.663. The number of hydrogen-bond donors (Lipinski definition) is 1. The second kappa shape index (κ2) is 6.45. The summed E-state index contributed by atoms with van der Waals surface area (Å²) in [5.74, 6) is -0.643. The van der Waals surface area contributed by atoms with E-state index < -0.39 is 5.91 Å². The maximum atomic E-state index is 12.5. The lowest BCUT2D eigenvalue weighted by atomic mass is 10.1. The largest absolute Gasteiger partial charge is 0.363 e. The molecule has 2 aromatic rings. The third-order valence-corrected chi connectivity index (χ3v) is 4.59. The van der Waals surface area contributed by atoms with Gasteiger partial charge in [0.2, 0.25) is 11.7 Å². The Bertz CT molecular complexity index is 778. The topological polar surface area (TPSA) is 89.2 Å². The molecular formula is C16H15BrN4O2. The lowest BCUT2D eigenvalue weighted by Crippen LogP contribution is -2.38. The molecule has 1 aliphatic rings. The molecule has 1 aromatic heterocycles. The summed E-state index contributed by atoms with van der Waals surface area (Å²) in [6, 6.07) is 7.66. The van der Waals surface area contributed by atoms with Gasteiger partial charge in [0, 0.05) is 17.2 Å². The highest BCUT2D eigenvalue weighted by Crippen LogP contribution is 2.20. The Morgan fingerprint density at radius 2 is 2.09 bits per heavy atom. The van der Waals surface area contributed by atoms with Gasteiger partial charge in [-0.15, -0.1) is 0 Å². The molecular weight excluding hydrogens is 360 g/mol. The first-order chi connectivity index (χ1) is 11.0. The molecule has 2 heterocycles. The van der Waals surface area contributed by atoms with Crippen LogP contribution in [0.5, 0.6) is 0 Å². The molecule has 6 nitrogen and oxygen atoms in total. The fourth-order valence-corrected chi connectivity index (χ4v) is 2.98. The number of nitrogens with two attached hydrogens (primary N) is 1. The van der Waals surface area contributed by atoms with Crippen LogP contribution in [-0.2, 0) is 24.2 Å². The molecule has 2 N–H and O–H groups in total. The van der Waals surface area contributed by atoms with E-state index in [1.54, 1.807) is 11.1 Å². The summed E-state index contributed by atoms with van der Waals surface area (Å²) >= 11 is 3.46. The molecule has 0 aliphatic carbocycles. The Balaban J connectivity index is 1.76. The van der Waals surface area contributed by atoms with Crippen molar-refractivity contribution in [2.24, 2.45) is 5.73 Å². The van der Waals surface area contributed by atoms with Crippen LogP contribution < -0.4 is 5.73 Å². The van der Waals surface area contributed by atoms with E-state index >= 15 is 0 Å². The van der Waals surface area contributed by atoms with E-state index in [9.17, 15) is 9.59 Å². The van der Waals surface area contributed by atoms with Crippen molar-refractivity contribution in [2.75, 3.05) is 6.54 Å². The van der Waals surface area contributed by atoms with Gasteiger partial charge in [0.25, 0.3) is 5.91 Å². The third-order valence-electron chi connectivity index (χ3n) is 3.82. The molecule has 3 rings (SSSR count). The molecule has 1 aliphatic heterocycles. The Kier molecular flexibility index (Phi) is 4.38. The standard InChI is InChI=1S/C16H15BrN4O2/c17-12-4-2-1-3-10(12)7-14(22)21-6-5-11-8-19-16(15(18)23)20-13(11)9-21/h1-4,8H,5-7,9H2,(H2,18,23). The van der Waals surface area contributed by atoms with E-state index in [2.05, 4.69) is 25.9 Å². The molecule has 0 radical (unpaired) electrons. The quantitative estimate of drug-likeness (QED) is 0.880. The molecule has 0 fully saturated rings. The van der Waals surface area contributed by atoms with E-state index in [1.165, 1.54) is 0 Å². The van der Waals surface area contributed by atoms with Crippen molar-refractivity contribution < 1.29 is 9.59 Å². The summed E-state index contributed by atoms with van der Waals surface area (Å²) in [6.07, 6.45) is 2.62. The third kappa shape index (κ3) is 3.39. The van der Waals surface area contributed by atoms with Crippen molar-refractivity contribution in [3.63, 3.8) is 0 Å². The normalized spacial score (nSPS) is 13.5. The van der Waals surface area contributed by atoms with Crippen LogP contribution in [0.3, 0.4) is 0 Å². The summed E-state index contributed by atoms with van der Waals surface area (Å²) in [5.41, 5.74) is 7.81. The van der Waals surface area contributed by atoms with Crippen LogP contribution in [0.4, 0.5) is 0 Å². The zero-order valence-electron chi connectivity index (χ0n) is 12.3. The highest BCUT2D eigenvalue weighted by Gasteiger charge is 2.23. The van der Waals surface area contributed by atoms with Crippen molar-refractivity contribution in [3.05, 3.63) is 57.6 Å². The lowest BCUT2D eigenvalue weighted by molar-refractivity contribution is -0.131. The van der Waals surface area contributed by atoms with Crippen LogP contribution in [0.1, 0.15) is 27.4 Å². The van der Waals surface area contributed by atoms with Gasteiger partial charge in [0.15, 0.2) is 0 Å². The average Bonchev–Trinajstić information content (AvgIpc) is 2.55. The molecule has 0 atom stereocenters. The Morgan fingerprint density at radius 3 is 2.83 bits per heavy atom. The predicted octanol–water partition coefficient (Wildman–Crippen LogP) is 1.47. The lowest BCUT2D eigenvalue weighted by Gasteiger charge is -2.28. The monoisotopic (exact) mass is 374 g/mol. The molecule has 0 saturated heterocycles. The van der Waals surface area contributed by atoms with Gasteiger partial charge in [-0.25, -0.2) is 9.97 Å². The van der Waals surface area contributed by atoms with Gasteiger partial charge in [-0.3, -0.25) is 9.59 Å². The number of hydrogen-bond acceptors (Lipinski definition) is 4. The molecule has 0 spiro atoms. The minimum Gasteiger partial charge on any atom is -0.363 e. The maximum Gasteiger partial charge on any atom is 0.286 e. The van der Waals surface area contributed by atoms with E-state index in [0.717, 1.165) is 15.6 Å². The highest BCUT2D eigenvalue weighted by molar-refractivity contribution is 9.10. The number of rotatable bonds is 3. The molecule has 7 heteroatoms. The predicted molar refractivity (Wildman–Crippen MR) is 87.5 cm³/mol. The van der Waals surface area contributed by atoms with E-state index in [0.29, 0.717) is 31.6 Å². The summed E-state index contributed by atoms with van der Waals surface area (Å²) in [5, 5.41) is 0. The number of fused-ring (bicyclic) bond motifs is 1. The van der Waals surface area contributed by atoms with Gasteiger partial charge in [0.05, 0.1) is 18.7 Å². The smallest absolute Gasteiger partial charge is 0.286 e. The molecule has 23 heavy (non-hydrogen) atoms. The fourth-order valence-electron chi connectivity index (χ4n) is 2.55. The van der Waals surface area contributed by atoms with Crippen molar-refractivity contribution in [2.45, 2.75) is 19.4 Å². The first-order valence-corrected chi connectivity index (χ1v) is 7.99. The van der Waals surface area contributed by atoms with Crippen LogP contribution in [0.2, 0.25) is 0 Å². The van der Waals surface area contributed by atoms with E-state index in [-0.39, 0.29) is 11.7 Å². The number of halogens is 1. The summed E-state index contributed by atoms with van der Waals surface area (Å²) in [6.45, 7) is 0.997. The first-order valence-electron chi connectivity index (χ1n) is 7.20. The van der Waals surface area contributed by atoms with Crippen molar-refractivity contribution in [1.82, 2.24) is 14.9 Å². The van der Waals surface area contributed by atoms with Crippen LogP contribution >= 0.6 is 15.9 Å². The van der Waals surface area contributed by atoms with Crippen LogP contribution in [-0.4, -0.2) is 33.2 Å². The summed E-state index contributed by atoms with van der Waals surface area (Å²) < 4.78 is 0.920. The average molecular weight is 375 g/mol. The number of carbonyl (C=O) groups is 2. The van der Waals surface area contributed by atoms with Crippen LogP contribution in [0, 0.1) is 0 Å². The second-order valence-electron chi connectivity index (χ2n) is 5.36. The number of aromatic nitrogens is 2. The maximum absolute atomic E-state index is 12.5. The number of nitrogens with zero attached hydrogens (tertiary/aromatic N) is 3. The number of benzene rings is 1. The SMILES string of the molecule is NC(=O)c1ncc2c(n1)CN(C(=O)Cc1ccccc1Br)CC2. The van der Waals surface area contributed by atoms with Crippen LogP contribution in [0.25, 0.3) is 0 Å². The molecule has 2 amide bonds. The van der Waals surface area contributed by atoms with Gasteiger partial charge >= 0.3 is 0 Å². The Hall–Kier alpha value is -2.28. The summed E-state index contributed by atoms with van der Waals surface area (Å²) in [7, 11) is 0. The van der Waals surface area contributed by atoms with E-state index in [1.807, 2.05) is 24.3 Å². The zero-order valence-corrected chi connectivity index (χ0v) is 13.9. The second-order valence-corrected chi connectivity index (χ2v) is 6.22. The number of amides is 2. The summed E-state index contributed by atoms with van der Waals surface area (Å²) in [4.78, 5) is 33.6. The van der Waals surface area contributed by atoms with Crippen molar-refractivity contribution >= 4 is 27.7 Å². The van der Waals surface area contributed by atoms with Gasteiger partial charge < -0.3 is 10.6 Å². The fraction of sp³-hybridized carbons (Fsp3) is 0.250. The molecule has 0 bridgehead atoms. The Labute approximate surface area is 141 Å². The van der Waals surface area contributed by atoms with Gasteiger partial charge in [-0.05, 0) is 23.6 Å². The van der Waals surface area contributed by atoms with Crippen molar-refractivity contribution in [1.29, 1.82) is 0 Å². The molecule has 0 saturated carbocycles. The zero-order chi connectivity index (χ0) is 16.4.